The molecule has 0 spiro atoms. The molecule has 17 heavy (non-hydrogen) atoms. The van der Waals surface area contributed by atoms with E-state index in [0.717, 1.165) is 5.56 Å². The van der Waals surface area contributed by atoms with Gasteiger partial charge in [0.1, 0.15) is 13.2 Å². The Morgan fingerprint density at radius 2 is 1.94 bits per heavy atom. The van der Waals surface area contributed by atoms with Crippen LogP contribution in [0.4, 0.5) is 0 Å². The summed E-state index contributed by atoms with van der Waals surface area (Å²) in [6, 6.07) is 9.72. The van der Waals surface area contributed by atoms with Gasteiger partial charge in [-0.05, 0) is 12.5 Å². The van der Waals surface area contributed by atoms with Gasteiger partial charge in [-0.2, -0.15) is 0 Å². The molecule has 0 aliphatic carbocycles. The van der Waals surface area contributed by atoms with E-state index >= 15 is 0 Å². The maximum Gasteiger partial charge on any atom is 0.231 e. The lowest BCUT2D eigenvalue weighted by Crippen LogP contribution is -2.47. The first-order chi connectivity index (χ1) is 8.21. The van der Waals surface area contributed by atoms with Gasteiger partial charge < -0.3 is 5.32 Å². The summed E-state index contributed by atoms with van der Waals surface area (Å²) >= 11 is 0. The summed E-state index contributed by atoms with van der Waals surface area (Å²) in [7, 11) is 0. The zero-order chi connectivity index (χ0) is 12.1. The summed E-state index contributed by atoms with van der Waals surface area (Å²) in [4.78, 5) is 21.3. The molecule has 0 saturated carbocycles. The van der Waals surface area contributed by atoms with Gasteiger partial charge in [0.15, 0.2) is 0 Å². The maximum atomic E-state index is 12.0. The Balaban J connectivity index is 1.88. The molecular formula is C12H15NO4. The molecule has 1 saturated heterocycles. The van der Waals surface area contributed by atoms with E-state index in [-0.39, 0.29) is 19.1 Å². The third kappa shape index (κ3) is 3.03. The van der Waals surface area contributed by atoms with Crippen molar-refractivity contribution in [3.05, 3.63) is 35.9 Å². The molecule has 5 heteroatoms. The largest absolute Gasteiger partial charge is 0.351 e. The molecule has 0 radical (unpaired) electrons. The monoisotopic (exact) mass is 237 g/mol. The molecule has 1 heterocycles. The van der Waals surface area contributed by atoms with Crippen LogP contribution in [0.2, 0.25) is 0 Å². The normalized spacial score (nSPS) is 18.6. The van der Waals surface area contributed by atoms with Crippen molar-refractivity contribution >= 4 is 5.91 Å². The van der Waals surface area contributed by atoms with Crippen molar-refractivity contribution in [3.8, 4) is 0 Å². The lowest BCUT2D eigenvalue weighted by Gasteiger charge is -2.29. The first-order valence-corrected chi connectivity index (χ1v) is 5.44. The number of hydrogen-bond donors (Lipinski definition) is 1. The summed E-state index contributed by atoms with van der Waals surface area (Å²) < 4.78 is 0. The van der Waals surface area contributed by atoms with Crippen molar-refractivity contribution in [2.75, 3.05) is 13.2 Å². The summed E-state index contributed by atoms with van der Waals surface area (Å²) in [6.45, 7) is 2.65. The molecular weight excluding hydrogens is 222 g/mol. The number of carbonyl (C=O) groups excluding carboxylic acids is 1. The van der Waals surface area contributed by atoms with Gasteiger partial charge in [-0.25, -0.2) is 9.78 Å². The fourth-order valence-electron chi connectivity index (χ4n) is 1.51. The van der Waals surface area contributed by atoms with Gasteiger partial charge in [0.2, 0.25) is 5.91 Å². The number of hydrogen-bond acceptors (Lipinski definition) is 4. The van der Waals surface area contributed by atoms with Crippen LogP contribution in [0, 0.1) is 5.41 Å². The summed E-state index contributed by atoms with van der Waals surface area (Å²) in [5.74, 6) is -0.107. The lowest BCUT2D eigenvalue weighted by atomic mass is 9.91. The molecule has 0 atom stereocenters. The Bertz CT molecular complexity index is 373. The van der Waals surface area contributed by atoms with Crippen molar-refractivity contribution < 1.29 is 19.6 Å². The molecule has 1 N–H and O–H groups in total. The van der Waals surface area contributed by atoms with Gasteiger partial charge in [0, 0.05) is 6.54 Å². The molecule has 1 fully saturated rings. The van der Waals surface area contributed by atoms with E-state index in [2.05, 4.69) is 20.1 Å². The molecule has 92 valence electrons. The molecule has 1 aliphatic rings. The lowest BCUT2D eigenvalue weighted by molar-refractivity contribution is -0.545. The van der Waals surface area contributed by atoms with Crippen molar-refractivity contribution in [1.29, 1.82) is 0 Å². The first-order valence-electron chi connectivity index (χ1n) is 5.44. The van der Waals surface area contributed by atoms with Crippen molar-refractivity contribution in [2.24, 2.45) is 5.41 Å². The van der Waals surface area contributed by atoms with Crippen LogP contribution < -0.4 is 5.32 Å². The van der Waals surface area contributed by atoms with Crippen LogP contribution in [-0.2, 0) is 26.2 Å². The Kier molecular flexibility index (Phi) is 3.73. The predicted molar refractivity (Wildman–Crippen MR) is 59.4 cm³/mol. The Morgan fingerprint density at radius 1 is 1.29 bits per heavy atom. The highest BCUT2D eigenvalue weighted by Gasteiger charge is 2.37. The van der Waals surface area contributed by atoms with Gasteiger partial charge >= 0.3 is 0 Å². The second-order valence-electron chi connectivity index (χ2n) is 4.32. The van der Waals surface area contributed by atoms with Gasteiger partial charge in [0.25, 0.3) is 0 Å². The van der Waals surface area contributed by atoms with Crippen LogP contribution in [0.1, 0.15) is 12.5 Å². The average Bonchev–Trinajstić information content (AvgIpc) is 2.38. The highest BCUT2D eigenvalue weighted by atomic mass is 17.5. The zero-order valence-electron chi connectivity index (χ0n) is 9.64. The van der Waals surface area contributed by atoms with Crippen LogP contribution in [0.15, 0.2) is 30.3 Å². The Labute approximate surface area is 99.5 Å². The quantitative estimate of drug-likeness (QED) is 0.803. The van der Waals surface area contributed by atoms with Crippen molar-refractivity contribution in [2.45, 2.75) is 13.5 Å². The van der Waals surface area contributed by atoms with E-state index in [4.69, 9.17) is 0 Å². The van der Waals surface area contributed by atoms with Crippen LogP contribution >= 0.6 is 0 Å². The van der Waals surface area contributed by atoms with E-state index in [0.29, 0.717) is 6.54 Å². The third-order valence-corrected chi connectivity index (χ3v) is 2.70. The van der Waals surface area contributed by atoms with E-state index in [1.54, 1.807) is 6.92 Å². The molecule has 0 aromatic heterocycles. The topological polar surface area (TPSA) is 56.8 Å². The van der Waals surface area contributed by atoms with Gasteiger partial charge in [-0.3, -0.25) is 4.79 Å². The fraction of sp³-hybridized carbons (Fsp3) is 0.417. The van der Waals surface area contributed by atoms with E-state index in [1.165, 1.54) is 0 Å². The summed E-state index contributed by atoms with van der Waals surface area (Å²) in [6.07, 6.45) is 0. The van der Waals surface area contributed by atoms with Gasteiger partial charge in [0.05, 0.1) is 5.41 Å². The zero-order valence-corrected chi connectivity index (χ0v) is 9.64. The molecule has 1 aliphatic heterocycles. The van der Waals surface area contributed by atoms with Crippen molar-refractivity contribution in [3.63, 3.8) is 0 Å². The highest BCUT2D eigenvalue weighted by Crippen LogP contribution is 2.22. The molecule has 1 amide bonds. The second kappa shape index (κ2) is 5.27. The maximum absolute atomic E-state index is 12.0. The van der Waals surface area contributed by atoms with Crippen molar-refractivity contribution in [1.82, 2.24) is 5.32 Å². The van der Waals surface area contributed by atoms with E-state index < -0.39 is 5.41 Å². The Hall–Kier alpha value is -1.43. The second-order valence-corrected chi connectivity index (χ2v) is 4.32. The number of benzene rings is 1. The van der Waals surface area contributed by atoms with E-state index in [9.17, 15) is 4.79 Å². The minimum Gasteiger partial charge on any atom is -0.351 e. The SMILES string of the molecule is CC1(C(=O)NCc2ccccc2)COOOC1. The summed E-state index contributed by atoms with van der Waals surface area (Å²) in [5, 5.41) is 7.15. The summed E-state index contributed by atoms with van der Waals surface area (Å²) in [5.41, 5.74) is 0.353. The minimum atomic E-state index is -0.701. The number of amides is 1. The van der Waals surface area contributed by atoms with Gasteiger partial charge in [-0.15, -0.1) is 0 Å². The first kappa shape index (κ1) is 12.0. The number of nitrogens with one attached hydrogen (secondary N) is 1. The van der Waals surface area contributed by atoms with Crippen LogP contribution in [-0.4, -0.2) is 19.1 Å². The van der Waals surface area contributed by atoms with Crippen LogP contribution in [0.5, 0.6) is 0 Å². The molecule has 5 nitrogen and oxygen atoms in total. The van der Waals surface area contributed by atoms with Crippen LogP contribution in [0.25, 0.3) is 0 Å². The Morgan fingerprint density at radius 3 is 2.59 bits per heavy atom. The fourth-order valence-corrected chi connectivity index (χ4v) is 1.51. The highest BCUT2D eigenvalue weighted by molar-refractivity contribution is 5.82. The van der Waals surface area contributed by atoms with E-state index in [1.807, 2.05) is 30.3 Å². The third-order valence-electron chi connectivity index (χ3n) is 2.70. The molecule has 1 aromatic rings. The molecule has 1 aromatic carbocycles. The predicted octanol–water partition coefficient (Wildman–Crippen LogP) is 1.20. The number of rotatable bonds is 3. The molecule has 2 rings (SSSR count). The molecule has 0 bridgehead atoms. The molecule has 0 unspecified atom stereocenters. The smallest absolute Gasteiger partial charge is 0.231 e. The standard InChI is InChI=1S/C12H15NO4/c1-12(8-15-17-16-9-12)11(14)13-7-10-5-3-2-4-6-10/h2-6H,7-9H2,1H3,(H,13,14). The van der Waals surface area contributed by atoms with Gasteiger partial charge in [-0.1, -0.05) is 35.4 Å². The minimum absolute atomic E-state index is 0.107. The number of carbonyl (C=O) groups is 1. The average molecular weight is 237 g/mol. The van der Waals surface area contributed by atoms with Crippen LogP contribution in [0.3, 0.4) is 0 Å².